The van der Waals surface area contributed by atoms with Crippen molar-refractivity contribution in [1.29, 1.82) is 0 Å². The molecule has 0 aliphatic heterocycles. The first-order chi connectivity index (χ1) is 9.58. The van der Waals surface area contributed by atoms with Crippen molar-refractivity contribution in [2.75, 3.05) is 14.1 Å². The summed E-state index contributed by atoms with van der Waals surface area (Å²) in [6.45, 7) is 0.463. The number of rotatable bonds is 5. The second-order valence-electron chi connectivity index (χ2n) is 4.86. The monoisotopic (exact) mass is 293 g/mol. The Bertz CT molecular complexity index is 570. The van der Waals surface area contributed by atoms with E-state index in [1.54, 1.807) is 0 Å². The minimum absolute atomic E-state index is 0.105. The third-order valence-corrected chi connectivity index (χ3v) is 3.98. The Kier molecular flexibility index (Phi) is 5.15. The molecule has 0 radical (unpaired) electrons. The highest BCUT2D eigenvalue weighted by atomic mass is 32.2. The Morgan fingerprint density at radius 3 is 2.35 bits per heavy atom. The van der Waals surface area contributed by atoms with E-state index in [0.29, 0.717) is 17.9 Å². The summed E-state index contributed by atoms with van der Waals surface area (Å²) >= 11 is 1.20. The van der Waals surface area contributed by atoms with Crippen LogP contribution in [0.4, 0.5) is 8.78 Å². The van der Waals surface area contributed by atoms with Gasteiger partial charge in [0.15, 0.2) is 0 Å². The Morgan fingerprint density at radius 1 is 1.00 bits per heavy atom. The molecular formula is C16H17F2NS. The number of benzene rings is 2. The van der Waals surface area contributed by atoms with Gasteiger partial charge in [-0.05, 0) is 25.7 Å². The molecule has 0 fully saturated rings. The first kappa shape index (κ1) is 15.0. The van der Waals surface area contributed by atoms with Crippen molar-refractivity contribution >= 4 is 11.8 Å². The van der Waals surface area contributed by atoms with Gasteiger partial charge >= 0.3 is 0 Å². The molecule has 2 aromatic carbocycles. The highest BCUT2D eigenvalue weighted by Gasteiger charge is 2.14. The van der Waals surface area contributed by atoms with Gasteiger partial charge in [0.1, 0.15) is 11.6 Å². The average molecular weight is 293 g/mol. The van der Waals surface area contributed by atoms with Crippen molar-refractivity contribution in [2.45, 2.75) is 17.2 Å². The number of hydrogen-bond acceptors (Lipinski definition) is 2. The summed E-state index contributed by atoms with van der Waals surface area (Å²) < 4.78 is 28.1. The van der Waals surface area contributed by atoms with Crippen molar-refractivity contribution in [3.05, 3.63) is 65.2 Å². The molecule has 0 spiro atoms. The van der Waals surface area contributed by atoms with Crippen LogP contribution in [0.25, 0.3) is 0 Å². The van der Waals surface area contributed by atoms with Crippen molar-refractivity contribution in [3.8, 4) is 0 Å². The van der Waals surface area contributed by atoms with E-state index < -0.39 is 11.6 Å². The summed E-state index contributed by atoms with van der Waals surface area (Å²) in [4.78, 5) is 1.97. The summed E-state index contributed by atoms with van der Waals surface area (Å²) in [5.74, 6) is -0.384. The minimum Gasteiger partial charge on any atom is -0.305 e. The van der Waals surface area contributed by atoms with Crippen LogP contribution in [0.5, 0.6) is 0 Å². The van der Waals surface area contributed by atoms with E-state index in [2.05, 4.69) is 0 Å². The zero-order valence-electron chi connectivity index (χ0n) is 11.6. The summed E-state index contributed by atoms with van der Waals surface area (Å²) in [6.07, 6.45) is 0. The summed E-state index contributed by atoms with van der Waals surface area (Å²) in [5, 5.41) is 0. The van der Waals surface area contributed by atoms with Crippen LogP contribution in [0.3, 0.4) is 0 Å². The van der Waals surface area contributed by atoms with Crippen molar-refractivity contribution in [2.24, 2.45) is 0 Å². The van der Waals surface area contributed by atoms with E-state index in [-0.39, 0.29) is 4.90 Å². The molecule has 1 nitrogen and oxygen atoms in total. The first-order valence-electron chi connectivity index (χ1n) is 6.36. The van der Waals surface area contributed by atoms with Crippen molar-refractivity contribution < 1.29 is 8.78 Å². The Morgan fingerprint density at radius 2 is 1.70 bits per heavy atom. The lowest BCUT2D eigenvalue weighted by atomic mass is 10.2. The molecule has 0 aromatic heterocycles. The van der Waals surface area contributed by atoms with Gasteiger partial charge in [-0.2, -0.15) is 0 Å². The Labute approximate surface area is 122 Å². The third-order valence-electron chi connectivity index (χ3n) is 2.84. The van der Waals surface area contributed by atoms with Gasteiger partial charge in [-0.15, -0.1) is 11.8 Å². The van der Waals surface area contributed by atoms with Gasteiger partial charge < -0.3 is 4.90 Å². The number of thioether (sulfide) groups is 1. The number of halogens is 2. The highest BCUT2D eigenvalue weighted by Crippen LogP contribution is 2.30. The topological polar surface area (TPSA) is 3.24 Å². The van der Waals surface area contributed by atoms with Crippen LogP contribution in [-0.4, -0.2) is 19.0 Å². The first-order valence-corrected chi connectivity index (χ1v) is 7.35. The molecule has 20 heavy (non-hydrogen) atoms. The molecule has 0 bridgehead atoms. The maximum absolute atomic E-state index is 14.3. The van der Waals surface area contributed by atoms with E-state index >= 15 is 0 Å². The van der Waals surface area contributed by atoms with Crippen LogP contribution in [0.15, 0.2) is 47.4 Å². The fraction of sp³-hybridized carbons (Fsp3) is 0.250. The van der Waals surface area contributed by atoms with E-state index in [9.17, 15) is 8.78 Å². The van der Waals surface area contributed by atoms with Gasteiger partial charge in [0, 0.05) is 17.9 Å². The molecule has 2 aromatic rings. The predicted molar refractivity (Wildman–Crippen MR) is 79.8 cm³/mol. The fourth-order valence-corrected chi connectivity index (χ4v) is 2.87. The second-order valence-corrected chi connectivity index (χ2v) is 5.85. The molecule has 0 unspecified atom stereocenters. The number of hydrogen-bond donors (Lipinski definition) is 0. The van der Waals surface area contributed by atoms with E-state index in [1.165, 1.54) is 23.9 Å². The van der Waals surface area contributed by atoms with E-state index in [4.69, 9.17) is 0 Å². The molecule has 0 saturated carbocycles. The van der Waals surface area contributed by atoms with Gasteiger partial charge in [-0.3, -0.25) is 0 Å². The molecule has 0 N–H and O–H groups in total. The summed E-state index contributed by atoms with van der Waals surface area (Å²) in [7, 11) is 3.72. The predicted octanol–water partition coefficient (Wildman–Crippen LogP) is 4.32. The van der Waals surface area contributed by atoms with Gasteiger partial charge in [0.05, 0.1) is 4.90 Å². The summed E-state index contributed by atoms with van der Waals surface area (Å²) in [6, 6.07) is 12.5. The van der Waals surface area contributed by atoms with Crippen LogP contribution in [0.1, 0.15) is 11.1 Å². The molecule has 0 aliphatic carbocycles. The number of nitrogens with zero attached hydrogens (tertiary/aromatic N) is 1. The molecule has 0 atom stereocenters. The maximum Gasteiger partial charge on any atom is 0.144 e. The van der Waals surface area contributed by atoms with Crippen LogP contribution < -0.4 is 0 Å². The molecule has 0 aliphatic rings. The molecular weight excluding hydrogens is 276 g/mol. The molecule has 4 heteroatoms. The van der Waals surface area contributed by atoms with Crippen molar-refractivity contribution in [1.82, 2.24) is 4.90 Å². The van der Waals surface area contributed by atoms with Crippen molar-refractivity contribution in [3.63, 3.8) is 0 Å². The lowest BCUT2D eigenvalue weighted by molar-refractivity contribution is 0.388. The third kappa shape index (κ3) is 3.81. The maximum atomic E-state index is 14.3. The molecule has 0 amide bonds. The SMILES string of the molecule is CN(C)Cc1ccc(F)c(SCc2ccccc2)c1F. The summed E-state index contributed by atoms with van der Waals surface area (Å²) in [5.41, 5.74) is 1.57. The zero-order valence-corrected chi connectivity index (χ0v) is 12.4. The smallest absolute Gasteiger partial charge is 0.144 e. The van der Waals surface area contributed by atoms with Gasteiger partial charge in [-0.25, -0.2) is 8.78 Å². The van der Waals surface area contributed by atoms with E-state index in [1.807, 2.05) is 49.3 Å². The molecule has 2 rings (SSSR count). The average Bonchev–Trinajstić information content (AvgIpc) is 2.43. The minimum atomic E-state index is -0.495. The molecule has 0 heterocycles. The normalized spacial score (nSPS) is 11.1. The largest absolute Gasteiger partial charge is 0.305 e. The van der Waals surface area contributed by atoms with Crippen LogP contribution in [0.2, 0.25) is 0 Å². The molecule has 0 saturated heterocycles. The van der Waals surface area contributed by atoms with Gasteiger partial charge in [-0.1, -0.05) is 36.4 Å². The van der Waals surface area contributed by atoms with E-state index in [0.717, 1.165) is 5.56 Å². The lowest BCUT2D eigenvalue weighted by Crippen LogP contribution is -2.12. The Balaban J connectivity index is 2.18. The van der Waals surface area contributed by atoms with Crippen LogP contribution in [-0.2, 0) is 12.3 Å². The van der Waals surface area contributed by atoms with Crippen LogP contribution in [0, 0.1) is 11.6 Å². The van der Waals surface area contributed by atoms with Gasteiger partial charge in [0.2, 0.25) is 0 Å². The van der Waals surface area contributed by atoms with Gasteiger partial charge in [0.25, 0.3) is 0 Å². The fourth-order valence-electron chi connectivity index (χ4n) is 1.90. The second kappa shape index (κ2) is 6.86. The highest BCUT2D eigenvalue weighted by molar-refractivity contribution is 7.98. The lowest BCUT2D eigenvalue weighted by Gasteiger charge is -2.13. The quantitative estimate of drug-likeness (QED) is 0.755. The molecule has 106 valence electrons. The standard InChI is InChI=1S/C16H17F2NS/c1-19(2)10-13-8-9-14(17)16(15(13)18)20-11-12-6-4-3-5-7-12/h3-9H,10-11H2,1-2H3. The zero-order chi connectivity index (χ0) is 14.5. The Hall–Kier alpha value is -1.39. The van der Waals surface area contributed by atoms with Crippen LogP contribution >= 0.6 is 11.8 Å².